The normalized spacial score (nSPS) is 30.7. The minimum absolute atomic E-state index is 0.213. The van der Waals surface area contributed by atoms with Crippen molar-refractivity contribution in [3.05, 3.63) is 0 Å². The molecular weight excluding hydrogens is 289 g/mol. The fraction of sp³-hybridized carbons (Fsp3) is 0.846. The van der Waals surface area contributed by atoms with Gasteiger partial charge in [-0.1, -0.05) is 12.8 Å². The molecule has 2 atom stereocenters. The Kier molecular flexibility index (Phi) is 4.03. The zero-order valence-electron chi connectivity index (χ0n) is 11.2. The minimum atomic E-state index is -1.06. The predicted octanol–water partition coefficient (Wildman–Crippen LogP) is 2.56. The van der Waals surface area contributed by atoms with Crippen LogP contribution in [0, 0.1) is 5.41 Å². The van der Waals surface area contributed by atoms with Crippen molar-refractivity contribution in [2.24, 2.45) is 5.41 Å². The third-order valence-corrected chi connectivity index (χ3v) is 5.16. The maximum atomic E-state index is 11.9. The molecule has 0 bridgehead atoms. The van der Waals surface area contributed by atoms with Gasteiger partial charge in [0.25, 0.3) is 5.91 Å². The van der Waals surface area contributed by atoms with E-state index >= 15 is 0 Å². The van der Waals surface area contributed by atoms with Crippen molar-refractivity contribution in [3.8, 4) is 0 Å². The molecule has 0 aliphatic heterocycles. The van der Waals surface area contributed by atoms with E-state index in [4.69, 9.17) is 27.9 Å². The van der Waals surface area contributed by atoms with Crippen molar-refractivity contribution in [3.63, 3.8) is 0 Å². The van der Waals surface area contributed by atoms with Gasteiger partial charge in [0.1, 0.15) is 9.75 Å². The van der Waals surface area contributed by atoms with E-state index in [9.17, 15) is 9.59 Å². The molecule has 2 rings (SSSR count). The summed E-state index contributed by atoms with van der Waals surface area (Å²) in [6.07, 6.45) is 3.82. The molecule has 6 heteroatoms. The van der Waals surface area contributed by atoms with E-state index < -0.39 is 21.8 Å². The molecule has 2 unspecified atom stereocenters. The van der Waals surface area contributed by atoms with Gasteiger partial charge in [-0.25, -0.2) is 0 Å². The van der Waals surface area contributed by atoms with Crippen LogP contribution in [0.15, 0.2) is 0 Å². The number of nitrogens with one attached hydrogen (secondary N) is 1. The average molecular weight is 308 g/mol. The van der Waals surface area contributed by atoms with Gasteiger partial charge in [-0.2, -0.15) is 0 Å². The second-order valence-corrected chi connectivity index (χ2v) is 7.23. The van der Waals surface area contributed by atoms with Gasteiger partial charge in [0.2, 0.25) is 0 Å². The summed E-state index contributed by atoms with van der Waals surface area (Å²) in [7, 11) is 0. The topological polar surface area (TPSA) is 55.4 Å². The van der Waals surface area contributed by atoms with E-state index in [0.717, 1.165) is 25.7 Å². The van der Waals surface area contributed by atoms with Crippen LogP contribution in [0.5, 0.6) is 0 Å². The monoisotopic (exact) mass is 307 g/mol. The molecule has 2 aliphatic carbocycles. The second kappa shape index (κ2) is 5.13. The summed E-state index contributed by atoms with van der Waals surface area (Å²) in [5, 5.41) is 2.89. The quantitative estimate of drug-likeness (QED) is 0.641. The molecule has 0 aromatic rings. The van der Waals surface area contributed by atoms with Crippen LogP contribution < -0.4 is 5.32 Å². The van der Waals surface area contributed by atoms with E-state index in [0.29, 0.717) is 6.42 Å². The van der Waals surface area contributed by atoms with E-state index in [-0.39, 0.29) is 11.9 Å². The Hall–Kier alpha value is -0.480. The lowest BCUT2D eigenvalue weighted by Crippen LogP contribution is -2.41. The smallest absolute Gasteiger partial charge is 0.315 e. The van der Waals surface area contributed by atoms with Gasteiger partial charge < -0.3 is 10.1 Å². The SMILES string of the molecule is CC(OC(=O)C1(C)CC1(Cl)Cl)C(=O)NC1CCCC1. The largest absolute Gasteiger partial charge is 0.452 e. The van der Waals surface area contributed by atoms with Crippen molar-refractivity contribution in [2.45, 2.75) is 62.4 Å². The Morgan fingerprint density at radius 3 is 2.32 bits per heavy atom. The summed E-state index contributed by atoms with van der Waals surface area (Å²) < 4.78 is 4.10. The summed E-state index contributed by atoms with van der Waals surface area (Å²) in [4.78, 5) is 23.8. The van der Waals surface area contributed by atoms with Crippen molar-refractivity contribution >= 4 is 35.1 Å². The van der Waals surface area contributed by atoms with Gasteiger partial charge in [0, 0.05) is 12.5 Å². The van der Waals surface area contributed by atoms with E-state index in [1.165, 1.54) is 0 Å². The lowest BCUT2D eigenvalue weighted by molar-refractivity contribution is -0.159. The van der Waals surface area contributed by atoms with Gasteiger partial charge >= 0.3 is 5.97 Å². The zero-order chi connectivity index (χ0) is 14.3. The highest BCUT2D eigenvalue weighted by molar-refractivity contribution is 6.53. The van der Waals surface area contributed by atoms with Crippen molar-refractivity contribution in [1.29, 1.82) is 0 Å². The van der Waals surface area contributed by atoms with Crippen LogP contribution in [-0.2, 0) is 14.3 Å². The Labute approximate surface area is 123 Å². The number of carbonyl (C=O) groups is 2. The van der Waals surface area contributed by atoms with Gasteiger partial charge in [0.05, 0.1) is 0 Å². The van der Waals surface area contributed by atoms with Crippen molar-refractivity contribution in [1.82, 2.24) is 5.32 Å². The highest BCUT2D eigenvalue weighted by atomic mass is 35.5. The number of ether oxygens (including phenoxy) is 1. The molecule has 4 nitrogen and oxygen atoms in total. The van der Waals surface area contributed by atoms with Crippen LogP contribution >= 0.6 is 23.2 Å². The van der Waals surface area contributed by atoms with Gasteiger partial charge in [-0.15, -0.1) is 23.2 Å². The molecule has 1 amide bonds. The van der Waals surface area contributed by atoms with E-state index in [1.807, 2.05) is 0 Å². The van der Waals surface area contributed by atoms with Crippen LogP contribution in [0.4, 0.5) is 0 Å². The summed E-state index contributed by atoms with van der Waals surface area (Å²) in [5.74, 6) is -0.759. The number of alkyl halides is 2. The molecule has 0 radical (unpaired) electrons. The number of halogens is 2. The Morgan fingerprint density at radius 2 is 1.84 bits per heavy atom. The first-order chi connectivity index (χ1) is 8.76. The number of hydrogen-bond acceptors (Lipinski definition) is 3. The first kappa shape index (κ1) is 14.9. The highest BCUT2D eigenvalue weighted by Gasteiger charge is 2.69. The van der Waals surface area contributed by atoms with Crippen molar-refractivity contribution < 1.29 is 14.3 Å². The lowest BCUT2D eigenvalue weighted by Gasteiger charge is -2.19. The molecule has 2 aliphatic rings. The summed E-state index contributed by atoms with van der Waals surface area (Å²) in [6, 6.07) is 0.213. The molecule has 0 spiro atoms. The maximum Gasteiger partial charge on any atom is 0.315 e. The Balaban J connectivity index is 1.82. The Morgan fingerprint density at radius 1 is 1.32 bits per heavy atom. The standard InChI is InChI=1S/C13H19Cl2NO3/c1-8(10(17)16-9-5-3-4-6-9)19-11(18)12(2)7-13(12,14)15/h8-9H,3-7H2,1-2H3,(H,16,17). The molecular formula is C13H19Cl2NO3. The number of hydrogen-bond donors (Lipinski definition) is 1. The van der Waals surface area contributed by atoms with Crippen LogP contribution in [-0.4, -0.2) is 28.4 Å². The summed E-state index contributed by atoms with van der Waals surface area (Å²) >= 11 is 11.8. The lowest BCUT2D eigenvalue weighted by atomic mass is 10.1. The molecule has 0 aromatic heterocycles. The second-order valence-electron chi connectivity index (χ2n) is 5.75. The van der Waals surface area contributed by atoms with Crippen LogP contribution in [0.25, 0.3) is 0 Å². The fourth-order valence-corrected chi connectivity index (χ4v) is 3.04. The van der Waals surface area contributed by atoms with Gasteiger partial charge in [-0.3, -0.25) is 9.59 Å². The first-order valence-corrected chi connectivity index (χ1v) is 7.41. The Bertz CT molecular complexity index is 393. The molecule has 0 saturated heterocycles. The molecule has 0 aromatic carbocycles. The number of esters is 1. The third-order valence-electron chi connectivity index (χ3n) is 4.06. The fourth-order valence-electron chi connectivity index (χ4n) is 2.35. The van der Waals surface area contributed by atoms with Gasteiger partial charge in [0.15, 0.2) is 6.10 Å². The molecule has 0 heterocycles. The number of carbonyl (C=O) groups excluding carboxylic acids is 2. The van der Waals surface area contributed by atoms with E-state index in [2.05, 4.69) is 5.32 Å². The van der Waals surface area contributed by atoms with Crippen molar-refractivity contribution in [2.75, 3.05) is 0 Å². The van der Waals surface area contributed by atoms with Crippen LogP contribution in [0.2, 0.25) is 0 Å². The van der Waals surface area contributed by atoms with E-state index in [1.54, 1.807) is 13.8 Å². The third kappa shape index (κ3) is 3.00. The first-order valence-electron chi connectivity index (χ1n) is 6.65. The molecule has 108 valence electrons. The summed E-state index contributed by atoms with van der Waals surface area (Å²) in [6.45, 7) is 3.22. The molecule has 2 saturated carbocycles. The maximum absolute atomic E-state index is 11.9. The molecule has 19 heavy (non-hydrogen) atoms. The van der Waals surface area contributed by atoms with Crippen LogP contribution in [0.1, 0.15) is 46.0 Å². The number of rotatable bonds is 4. The summed E-state index contributed by atoms with van der Waals surface area (Å²) in [5.41, 5.74) is -0.891. The zero-order valence-corrected chi connectivity index (χ0v) is 12.7. The van der Waals surface area contributed by atoms with Crippen LogP contribution in [0.3, 0.4) is 0 Å². The molecule has 1 N–H and O–H groups in total. The molecule has 2 fully saturated rings. The highest BCUT2D eigenvalue weighted by Crippen LogP contribution is 2.64. The number of amides is 1. The average Bonchev–Trinajstić information content (AvgIpc) is 2.69. The van der Waals surface area contributed by atoms with Gasteiger partial charge in [-0.05, 0) is 26.7 Å². The predicted molar refractivity (Wildman–Crippen MR) is 73.1 cm³/mol. The minimum Gasteiger partial charge on any atom is -0.452 e.